The maximum atomic E-state index is 11.7. The first-order chi connectivity index (χ1) is 9.00. The third-order valence-corrected chi connectivity index (χ3v) is 6.27. The lowest BCUT2D eigenvalue weighted by Gasteiger charge is -2.25. The lowest BCUT2D eigenvalue weighted by molar-refractivity contribution is 0.0355. The Bertz CT molecular complexity index is 382. The molecule has 2 fully saturated rings. The van der Waals surface area contributed by atoms with Crippen LogP contribution in [0.5, 0.6) is 0 Å². The summed E-state index contributed by atoms with van der Waals surface area (Å²) < 4.78 is 29.2. The standard InChI is InChI=1S/C14H27NO3S/c1-3-15-9-13(8-14-5-4-11(2)18-14)12-6-7-19(16,17)10-12/h11-15H,3-10H2,1-2H3. The zero-order valence-corrected chi connectivity index (χ0v) is 12.9. The Morgan fingerprint density at radius 3 is 2.63 bits per heavy atom. The van der Waals surface area contributed by atoms with Gasteiger partial charge in [-0.2, -0.15) is 0 Å². The van der Waals surface area contributed by atoms with Gasteiger partial charge in [-0.05, 0) is 57.5 Å². The number of hydrogen-bond acceptors (Lipinski definition) is 4. The number of sulfone groups is 1. The van der Waals surface area contributed by atoms with Crippen molar-refractivity contribution in [2.24, 2.45) is 11.8 Å². The van der Waals surface area contributed by atoms with Crippen LogP contribution in [0.3, 0.4) is 0 Å². The van der Waals surface area contributed by atoms with Crippen LogP contribution in [0.1, 0.15) is 39.5 Å². The van der Waals surface area contributed by atoms with E-state index in [1.54, 1.807) is 0 Å². The van der Waals surface area contributed by atoms with Crippen molar-refractivity contribution in [1.82, 2.24) is 5.32 Å². The number of rotatable bonds is 6. The van der Waals surface area contributed by atoms with Gasteiger partial charge in [0, 0.05) is 0 Å². The van der Waals surface area contributed by atoms with Crippen molar-refractivity contribution >= 4 is 9.84 Å². The molecule has 2 aliphatic heterocycles. The van der Waals surface area contributed by atoms with Gasteiger partial charge in [0.1, 0.15) is 0 Å². The number of hydrogen-bond donors (Lipinski definition) is 1. The van der Waals surface area contributed by atoms with Gasteiger partial charge >= 0.3 is 0 Å². The van der Waals surface area contributed by atoms with Crippen molar-refractivity contribution < 1.29 is 13.2 Å². The Kier molecular flexibility index (Phi) is 5.26. The highest BCUT2D eigenvalue weighted by Crippen LogP contribution is 2.32. The van der Waals surface area contributed by atoms with Crippen LogP contribution in [0.15, 0.2) is 0 Å². The summed E-state index contributed by atoms with van der Waals surface area (Å²) in [5.41, 5.74) is 0. The van der Waals surface area contributed by atoms with Crippen LogP contribution in [0.4, 0.5) is 0 Å². The zero-order chi connectivity index (χ0) is 13.9. The second kappa shape index (κ2) is 6.55. The maximum Gasteiger partial charge on any atom is 0.150 e. The summed E-state index contributed by atoms with van der Waals surface area (Å²) in [5, 5.41) is 3.39. The van der Waals surface area contributed by atoms with E-state index < -0.39 is 9.84 Å². The van der Waals surface area contributed by atoms with Crippen LogP contribution in [-0.2, 0) is 14.6 Å². The van der Waals surface area contributed by atoms with Crippen molar-refractivity contribution in [1.29, 1.82) is 0 Å². The van der Waals surface area contributed by atoms with Gasteiger partial charge in [0.15, 0.2) is 9.84 Å². The number of ether oxygens (including phenoxy) is 1. The van der Waals surface area contributed by atoms with E-state index >= 15 is 0 Å². The molecule has 2 aliphatic rings. The molecule has 19 heavy (non-hydrogen) atoms. The van der Waals surface area contributed by atoms with Crippen molar-refractivity contribution in [3.63, 3.8) is 0 Å². The van der Waals surface area contributed by atoms with E-state index in [9.17, 15) is 8.42 Å². The molecule has 0 saturated carbocycles. The van der Waals surface area contributed by atoms with Gasteiger partial charge in [-0.1, -0.05) is 6.92 Å². The van der Waals surface area contributed by atoms with Crippen LogP contribution in [0.25, 0.3) is 0 Å². The zero-order valence-electron chi connectivity index (χ0n) is 12.1. The van der Waals surface area contributed by atoms with Crippen LogP contribution < -0.4 is 5.32 Å². The van der Waals surface area contributed by atoms with Gasteiger partial charge in [0.05, 0.1) is 23.7 Å². The minimum atomic E-state index is -2.78. The molecule has 0 aromatic carbocycles. The molecule has 5 heteroatoms. The Labute approximate surface area is 117 Å². The first kappa shape index (κ1) is 15.3. The van der Waals surface area contributed by atoms with Crippen LogP contribution in [-0.4, -0.2) is 45.2 Å². The summed E-state index contributed by atoms with van der Waals surface area (Å²) in [6.45, 7) is 6.08. The average Bonchev–Trinajstić information content (AvgIpc) is 2.90. The molecule has 0 aromatic rings. The van der Waals surface area contributed by atoms with E-state index in [1.807, 2.05) is 0 Å². The van der Waals surface area contributed by atoms with E-state index in [-0.39, 0.29) is 0 Å². The highest BCUT2D eigenvalue weighted by Gasteiger charge is 2.35. The monoisotopic (exact) mass is 289 g/mol. The summed E-state index contributed by atoms with van der Waals surface area (Å²) in [6.07, 6.45) is 4.82. The van der Waals surface area contributed by atoms with Gasteiger partial charge in [0.25, 0.3) is 0 Å². The largest absolute Gasteiger partial charge is 0.375 e. The predicted molar refractivity (Wildman–Crippen MR) is 77.0 cm³/mol. The molecule has 2 heterocycles. The Balaban J connectivity index is 1.92. The van der Waals surface area contributed by atoms with Gasteiger partial charge in [-0.3, -0.25) is 0 Å². The molecule has 112 valence electrons. The minimum absolute atomic E-state index is 0.323. The molecule has 2 rings (SSSR count). The fraction of sp³-hybridized carbons (Fsp3) is 1.00. The SMILES string of the molecule is CCNCC(CC1CCC(C)O1)C1CCS(=O)(=O)C1. The molecule has 4 unspecified atom stereocenters. The van der Waals surface area contributed by atoms with E-state index in [0.29, 0.717) is 35.5 Å². The van der Waals surface area contributed by atoms with Crippen LogP contribution in [0.2, 0.25) is 0 Å². The first-order valence-electron chi connectivity index (χ1n) is 7.56. The van der Waals surface area contributed by atoms with Crippen molar-refractivity contribution in [2.75, 3.05) is 24.6 Å². The Morgan fingerprint density at radius 1 is 1.32 bits per heavy atom. The van der Waals surface area contributed by atoms with Crippen molar-refractivity contribution in [2.45, 2.75) is 51.7 Å². The van der Waals surface area contributed by atoms with E-state index in [2.05, 4.69) is 19.2 Å². The number of nitrogens with one attached hydrogen (secondary N) is 1. The lowest BCUT2D eigenvalue weighted by Crippen LogP contribution is -2.32. The fourth-order valence-electron chi connectivity index (χ4n) is 3.36. The summed E-state index contributed by atoms with van der Waals surface area (Å²) in [4.78, 5) is 0. The molecular formula is C14H27NO3S. The third kappa shape index (κ3) is 4.43. The van der Waals surface area contributed by atoms with E-state index in [0.717, 1.165) is 38.8 Å². The van der Waals surface area contributed by atoms with Gasteiger partial charge in [-0.25, -0.2) is 8.42 Å². The summed E-state index contributed by atoms with van der Waals surface area (Å²) in [7, 11) is -2.78. The smallest absolute Gasteiger partial charge is 0.150 e. The highest BCUT2D eigenvalue weighted by molar-refractivity contribution is 7.91. The molecule has 2 saturated heterocycles. The third-order valence-electron chi connectivity index (χ3n) is 4.48. The van der Waals surface area contributed by atoms with Gasteiger partial charge in [-0.15, -0.1) is 0 Å². The van der Waals surface area contributed by atoms with Gasteiger partial charge < -0.3 is 10.1 Å². The Hall–Kier alpha value is -0.130. The van der Waals surface area contributed by atoms with Crippen LogP contribution >= 0.6 is 0 Å². The molecule has 0 radical (unpaired) electrons. The summed E-state index contributed by atoms with van der Waals surface area (Å²) >= 11 is 0. The summed E-state index contributed by atoms with van der Waals surface area (Å²) in [5.74, 6) is 1.52. The maximum absolute atomic E-state index is 11.7. The topological polar surface area (TPSA) is 55.4 Å². The quantitative estimate of drug-likeness (QED) is 0.807. The molecule has 0 spiro atoms. The summed E-state index contributed by atoms with van der Waals surface area (Å²) in [6, 6.07) is 0. The molecule has 0 aromatic heterocycles. The molecule has 1 N–H and O–H groups in total. The first-order valence-corrected chi connectivity index (χ1v) is 9.39. The normalized spacial score (nSPS) is 35.6. The molecule has 0 amide bonds. The predicted octanol–water partition coefficient (Wildman–Crippen LogP) is 1.60. The molecule has 4 atom stereocenters. The average molecular weight is 289 g/mol. The molecular weight excluding hydrogens is 262 g/mol. The lowest BCUT2D eigenvalue weighted by atomic mass is 9.86. The minimum Gasteiger partial charge on any atom is -0.375 e. The van der Waals surface area contributed by atoms with Crippen molar-refractivity contribution in [3.8, 4) is 0 Å². The molecule has 0 aliphatic carbocycles. The Morgan fingerprint density at radius 2 is 2.11 bits per heavy atom. The van der Waals surface area contributed by atoms with Gasteiger partial charge in [0.2, 0.25) is 0 Å². The van der Waals surface area contributed by atoms with E-state index in [1.165, 1.54) is 0 Å². The van der Waals surface area contributed by atoms with E-state index in [4.69, 9.17) is 4.74 Å². The molecule has 4 nitrogen and oxygen atoms in total. The fourth-order valence-corrected chi connectivity index (χ4v) is 5.28. The van der Waals surface area contributed by atoms with Crippen molar-refractivity contribution in [3.05, 3.63) is 0 Å². The molecule has 0 bridgehead atoms. The highest BCUT2D eigenvalue weighted by atomic mass is 32.2. The van der Waals surface area contributed by atoms with Crippen LogP contribution in [0, 0.1) is 11.8 Å². The second-order valence-corrected chi connectivity index (χ2v) is 8.34. The second-order valence-electron chi connectivity index (χ2n) is 6.11.